The highest BCUT2D eigenvalue weighted by Crippen LogP contribution is 2.15. The van der Waals surface area contributed by atoms with E-state index in [9.17, 15) is 14.4 Å². The van der Waals surface area contributed by atoms with Crippen molar-refractivity contribution in [1.82, 2.24) is 0 Å². The smallest absolute Gasteiger partial charge is 0.374 e. The third-order valence-electron chi connectivity index (χ3n) is 2.13. The number of ether oxygens (including phenoxy) is 2. The molecule has 5 heteroatoms. The fraction of sp³-hybridized carbons (Fsp3) is 0.667. The van der Waals surface area contributed by atoms with Gasteiger partial charge in [-0.25, -0.2) is 4.79 Å². The molecular weight excluding hydrogens is 188 g/mol. The Balaban J connectivity index is 2.39. The molecule has 1 saturated heterocycles. The van der Waals surface area contributed by atoms with E-state index in [0.717, 1.165) is 7.11 Å². The topological polar surface area (TPSA) is 69.7 Å². The number of esters is 1. The highest BCUT2D eigenvalue weighted by Gasteiger charge is 2.27. The molecule has 14 heavy (non-hydrogen) atoms. The second kappa shape index (κ2) is 4.85. The molecular formula is C9H12O5. The van der Waals surface area contributed by atoms with Crippen LogP contribution in [0.2, 0.25) is 0 Å². The number of methoxy groups -OCH3 is 1. The van der Waals surface area contributed by atoms with Gasteiger partial charge in [0.05, 0.1) is 20.1 Å². The lowest BCUT2D eigenvalue weighted by atomic mass is 9.99. The van der Waals surface area contributed by atoms with E-state index < -0.39 is 11.8 Å². The standard InChI is InChI=1S/C9H12O5/c1-13-9(12)8(11)4-7(10)6-2-3-14-5-6/h6H,2-5H2,1H3. The summed E-state index contributed by atoms with van der Waals surface area (Å²) in [5.74, 6) is -2.22. The molecule has 78 valence electrons. The average Bonchev–Trinajstić information content (AvgIpc) is 2.69. The number of ketones is 2. The van der Waals surface area contributed by atoms with Gasteiger partial charge < -0.3 is 9.47 Å². The Kier molecular flexibility index (Phi) is 3.76. The van der Waals surface area contributed by atoms with Gasteiger partial charge in [-0.3, -0.25) is 9.59 Å². The molecule has 0 aromatic rings. The Hall–Kier alpha value is -1.23. The van der Waals surface area contributed by atoms with Crippen molar-refractivity contribution in [2.45, 2.75) is 12.8 Å². The minimum atomic E-state index is -0.961. The van der Waals surface area contributed by atoms with Crippen LogP contribution in [0.15, 0.2) is 0 Å². The molecule has 0 radical (unpaired) electrons. The van der Waals surface area contributed by atoms with Gasteiger partial charge in [-0.1, -0.05) is 0 Å². The number of Topliss-reactive ketones (excluding diaryl/α,β-unsaturated/α-hetero) is 2. The highest BCUT2D eigenvalue weighted by atomic mass is 16.5. The van der Waals surface area contributed by atoms with Crippen molar-refractivity contribution >= 4 is 17.5 Å². The van der Waals surface area contributed by atoms with E-state index in [1.807, 2.05) is 0 Å². The number of hydrogen-bond acceptors (Lipinski definition) is 5. The molecule has 1 atom stereocenters. The molecule has 1 aliphatic rings. The summed E-state index contributed by atoms with van der Waals surface area (Å²) in [5, 5.41) is 0. The SMILES string of the molecule is COC(=O)C(=O)CC(=O)C1CCOC1. The largest absolute Gasteiger partial charge is 0.463 e. The summed E-state index contributed by atoms with van der Waals surface area (Å²) in [5.41, 5.74) is 0. The van der Waals surface area contributed by atoms with Crippen molar-refractivity contribution in [3.8, 4) is 0 Å². The van der Waals surface area contributed by atoms with Gasteiger partial charge in [0.2, 0.25) is 5.78 Å². The van der Waals surface area contributed by atoms with Crippen molar-refractivity contribution in [2.24, 2.45) is 5.92 Å². The van der Waals surface area contributed by atoms with E-state index in [2.05, 4.69) is 4.74 Å². The summed E-state index contributed by atoms with van der Waals surface area (Å²) in [6.07, 6.45) is 0.258. The van der Waals surface area contributed by atoms with Crippen molar-refractivity contribution in [2.75, 3.05) is 20.3 Å². The molecule has 1 aliphatic heterocycles. The van der Waals surface area contributed by atoms with Crippen molar-refractivity contribution in [1.29, 1.82) is 0 Å². The maximum absolute atomic E-state index is 11.4. The lowest BCUT2D eigenvalue weighted by Gasteiger charge is -2.04. The molecule has 0 spiro atoms. The Morgan fingerprint density at radius 1 is 1.43 bits per heavy atom. The van der Waals surface area contributed by atoms with E-state index in [1.54, 1.807) is 0 Å². The predicted octanol–water partition coefficient (Wildman–Crippen LogP) is -0.276. The summed E-state index contributed by atoms with van der Waals surface area (Å²) in [6.45, 7) is 0.899. The molecule has 0 saturated carbocycles. The molecule has 0 aliphatic carbocycles. The fourth-order valence-electron chi connectivity index (χ4n) is 1.28. The molecule has 1 fully saturated rings. The van der Waals surface area contributed by atoms with Crippen LogP contribution in [0.4, 0.5) is 0 Å². The first-order valence-corrected chi connectivity index (χ1v) is 4.36. The Bertz CT molecular complexity index is 252. The van der Waals surface area contributed by atoms with Gasteiger partial charge in [0.25, 0.3) is 0 Å². The predicted molar refractivity (Wildman–Crippen MR) is 45.6 cm³/mol. The summed E-state index contributed by atoms with van der Waals surface area (Å²) in [6, 6.07) is 0. The summed E-state index contributed by atoms with van der Waals surface area (Å²) in [4.78, 5) is 33.1. The zero-order valence-corrected chi connectivity index (χ0v) is 7.95. The van der Waals surface area contributed by atoms with Crippen LogP contribution in [-0.4, -0.2) is 37.9 Å². The van der Waals surface area contributed by atoms with E-state index in [4.69, 9.17) is 4.74 Å². The number of carbonyl (C=O) groups is 3. The van der Waals surface area contributed by atoms with Crippen LogP contribution in [0.1, 0.15) is 12.8 Å². The van der Waals surface area contributed by atoms with Gasteiger partial charge in [0.15, 0.2) is 0 Å². The van der Waals surface area contributed by atoms with Gasteiger partial charge in [-0.05, 0) is 6.42 Å². The molecule has 1 rings (SSSR count). The second-order valence-electron chi connectivity index (χ2n) is 3.12. The van der Waals surface area contributed by atoms with Gasteiger partial charge in [-0.2, -0.15) is 0 Å². The first-order valence-electron chi connectivity index (χ1n) is 4.36. The van der Waals surface area contributed by atoms with Gasteiger partial charge in [0, 0.05) is 12.5 Å². The van der Waals surface area contributed by atoms with Crippen LogP contribution in [0.5, 0.6) is 0 Å². The van der Waals surface area contributed by atoms with Gasteiger partial charge >= 0.3 is 5.97 Å². The van der Waals surface area contributed by atoms with Crippen LogP contribution >= 0.6 is 0 Å². The molecule has 0 N–H and O–H groups in total. The average molecular weight is 200 g/mol. The van der Waals surface area contributed by atoms with E-state index in [1.165, 1.54) is 0 Å². The molecule has 0 aromatic heterocycles. The van der Waals surface area contributed by atoms with Crippen LogP contribution in [-0.2, 0) is 23.9 Å². The molecule has 5 nitrogen and oxygen atoms in total. The molecule has 0 bridgehead atoms. The van der Waals surface area contributed by atoms with E-state index in [-0.39, 0.29) is 18.1 Å². The summed E-state index contributed by atoms with van der Waals surface area (Å²) in [7, 11) is 1.11. The lowest BCUT2D eigenvalue weighted by Crippen LogP contribution is -2.23. The van der Waals surface area contributed by atoms with Gasteiger partial charge in [0.1, 0.15) is 5.78 Å². The zero-order valence-electron chi connectivity index (χ0n) is 7.95. The Morgan fingerprint density at radius 2 is 2.14 bits per heavy atom. The minimum absolute atomic E-state index is 0.233. The summed E-state index contributed by atoms with van der Waals surface area (Å²) < 4.78 is 9.20. The first kappa shape index (κ1) is 10.8. The zero-order chi connectivity index (χ0) is 10.6. The molecule has 1 unspecified atom stereocenters. The third-order valence-corrected chi connectivity index (χ3v) is 2.13. The highest BCUT2D eigenvalue weighted by molar-refractivity contribution is 6.37. The van der Waals surface area contributed by atoms with E-state index >= 15 is 0 Å². The Labute approximate surface area is 81.4 Å². The number of rotatable bonds is 4. The van der Waals surface area contributed by atoms with Gasteiger partial charge in [-0.15, -0.1) is 0 Å². The molecule has 0 aromatic carbocycles. The van der Waals surface area contributed by atoms with E-state index in [0.29, 0.717) is 19.6 Å². The van der Waals surface area contributed by atoms with Crippen LogP contribution in [0.25, 0.3) is 0 Å². The minimum Gasteiger partial charge on any atom is -0.463 e. The quantitative estimate of drug-likeness (QED) is 0.355. The van der Waals surface area contributed by atoms with Crippen molar-refractivity contribution in [3.05, 3.63) is 0 Å². The first-order chi connectivity index (χ1) is 6.65. The summed E-state index contributed by atoms with van der Waals surface area (Å²) >= 11 is 0. The molecule has 1 heterocycles. The third kappa shape index (κ3) is 2.63. The van der Waals surface area contributed by atoms with Crippen molar-refractivity contribution in [3.63, 3.8) is 0 Å². The maximum atomic E-state index is 11.4. The Morgan fingerprint density at radius 3 is 2.64 bits per heavy atom. The number of hydrogen-bond donors (Lipinski definition) is 0. The van der Waals surface area contributed by atoms with Crippen molar-refractivity contribution < 1.29 is 23.9 Å². The van der Waals surface area contributed by atoms with Crippen LogP contribution < -0.4 is 0 Å². The molecule has 0 amide bonds. The second-order valence-corrected chi connectivity index (χ2v) is 3.12. The fourth-order valence-corrected chi connectivity index (χ4v) is 1.28. The van der Waals surface area contributed by atoms with Crippen LogP contribution in [0.3, 0.4) is 0 Å². The number of carbonyl (C=O) groups excluding carboxylic acids is 3. The maximum Gasteiger partial charge on any atom is 0.374 e. The van der Waals surface area contributed by atoms with Crippen LogP contribution in [0, 0.1) is 5.92 Å². The normalized spacial score (nSPS) is 20.5. The monoisotopic (exact) mass is 200 g/mol. The lowest BCUT2D eigenvalue weighted by molar-refractivity contribution is -0.152.